The lowest BCUT2D eigenvalue weighted by molar-refractivity contribution is -0.332. The van der Waals surface area contributed by atoms with Crippen molar-refractivity contribution >= 4 is 16.9 Å². The molecule has 1 rings (SSSR count). The molecular formula is C11H7F7O3S. The number of ketones is 1. The molecule has 0 spiro atoms. The lowest BCUT2D eigenvalue weighted by Crippen LogP contribution is -2.54. The van der Waals surface area contributed by atoms with Crippen molar-refractivity contribution in [3.8, 4) is 0 Å². The molecule has 0 saturated carbocycles. The highest BCUT2D eigenvalue weighted by molar-refractivity contribution is 7.81. The molecule has 1 aromatic carbocycles. The average Bonchev–Trinajstić information content (AvgIpc) is 2.43. The lowest BCUT2D eigenvalue weighted by Gasteiger charge is -2.26. The number of Topliss-reactive ketones (excluding diaryl/α,β-unsaturated/α-hetero) is 1. The third kappa shape index (κ3) is 3.64. The number of rotatable bonds is 6. The highest BCUT2D eigenvalue weighted by atomic mass is 32.2. The summed E-state index contributed by atoms with van der Waals surface area (Å²) in [5, 5.41) is -6.04. The molecule has 0 aromatic heterocycles. The summed E-state index contributed by atoms with van der Waals surface area (Å²) >= 11 is -4.36. The summed E-state index contributed by atoms with van der Waals surface area (Å²) in [5.74, 6) is -7.58. The zero-order valence-electron chi connectivity index (χ0n) is 10.4. The van der Waals surface area contributed by atoms with E-state index in [0.717, 1.165) is 0 Å². The first-order valence-electron chi connectivity index (χ1n) is 5.37. The highest BCUT2D eigenvalue weighted by Gasteiger charge is 2.76. The molecule has 3 nitrogen and oxygen atoms in total. The van der Waals surface area contributed by atoms with Gasteiger partial charge < -0.3 is 0 Å². The van der Waals surface area contributed by atoms with Crippen molar-refractivity contribution < 1.29 is 43.9 Å². The van der Waals surface area contributed by atoms with E-state index in [0.29, 0.717) is 0 Å². The van der Waals surface area contributed by atoms with Gasteiger partial charge in [0.1, 0.15) is 6.61 Å². The third-order valence-corrected chi connectivity index (χ3v) is 3.33. The van der Waals surface area contributed by atoms with E-state index in [1.807, 2.05) is 0 Å². The van der Waals surface area contributed by atoms with Gasteiger partial charge in [0.15, 0.2) is 5.78 Å². The molecule has 11 heteroatoms. The summed E-state index contributed by atoms with van der Waals surface area (Å²) in [6, 6.07) is 6.72. The maximum absolute atomic E-state index is 12.9. The highest BCUT2D eigenvalue weighted by Crippen LogP contribution is 2.48. The van der Waals surface area contributed by atoms with E-state index in [2.05, 4.69) is 4.18 Å². The van der Waals surface area contributed by atoms with Gasteiger partial charge >= 0.3 is 17.4 Å². The van der Waals surface area contributed by atoms with Gasteiger partial charge in [-0.05, 0) is 0 Å². The van der Waals surface area contributed by atoms with Crippen LogP contribution >= 0.6 is 0 Å². The van der Waals surface area contributed by atoms with Crippen LogP contribution < -0.4 is 0 Å². The second kappa shape index (κ2) is 6.32. The van der Waals surface area contributed by atoms with Crippen molar-refractivity contribution in [3.05, 3.63) is 35.9 Å². The Morgan fingerprint density at radius 3 is 1.95 bits per heavy atom. The Kier molecular flexibility index (Phi) is 5.34. The van der Waals surface area contributed by atoms with Crippen molar-refractivity contribution in [2.75, 3.05) is 6.61 Å². The van der Waals surface area contributed by atoms with Crippen LogP contribution in [0.5, 0.6) is 0 Å². The second-order valence-corrected chi connectivity index (χ2v) is 5.09. The number of benzene rings is 1. The van der Waals surface area contributed by atoms with E-state index in [9.17, 15) is 39.7 Å². The minimum atomic E-state index is -6.63. The Morgan fingerprint density at radius 1 is 1.00 bits per heavy atom. The van der Waals surface area contributed by atoms with Crippen LogP contribution in [-0.4, -0.2) is 34.0 Å². The van der Waals surface area contributed by atoms with Crippen LogP contribution in [0, 0.1) is 0 Å². The summed E-state index contributed by atoms with van der Waals surface area (Å²) in [6.07, 6.45) is -6.63. The van der Waals surface area contributed by atoms with Crippen LogP contribution in [0.15, 0.2) is 30.3 Å². The zero-order chi connectivity index (χ0) is 17.2. The molecule has 124 valence electrons. The fourth-order valence-electron chi connectivity index (χ4n) is 1.16. The monoisotopic (exact) mass is 352 g/mol. The van der Waals surface area contributed by atoms with E-state index in [-0.39, 0.29) is 5.56 Å². The first-order chi connectivity index (χ1) is 9.91. The Bertz CT molecular complexity index is 557. The minimum absolute atomic E-state index is 0.0783. The minimum Gasteiger partial charge on any atom is -0.292 e. The average molecular weight is 352 g/mol. The maximum atomic E-state index is 12.9. The molecule has 0 heterocycles. The molecule has 1 unspecified atom stereocenters. The van der Waals surface area contributed by atoms with Gasteiger partial charge in [-0.25, -0.2) is 4.21 Å². The fourth-order valence-corrected chi connectivity index (χ4v) is 1.85. The molecule has 22 heavy (non-hydrogen) atoms. The van der Waals surface area contributed by atoms with Gasteiger partial charge in [0.2, 0.25) is 11.1 Å². The Morgan fingerprint density at radius 2 is 1.50 bits per heavy atom. The van der Waals surface area contributed by atoms with Gasteiger partial charge in [0.05, 0.1) is 0 Å². The van der Waals surface area contributed by atoms with E-state index in [1.165, 1.54) is 30.3 Å². The van der Waals surface area contributed by atoms with Gasteiger partial charge in [-0.3, -0.25) is 8.98 Å². The van der Waals surface area contributed by atoms with Gasteiger partial charge in [-0.1, -0.05) is 30.3 Å². The van der Waals surface area contributed by atoms with E-state index < -0.39 is 40.8 Å². The van der Waals surface area contributed by atoms with Gasteiger partial charge in [0, 0.05) is 5.56 Å². The SMILES string of the molecule is O=C(COS(=O)C(F)(F)C(F)(F)C(F)(F)F)c1ccccc1. The molecule has 0 aliphatic rings. The van der Waals surface area contributed by atoms with Crippen LogP contribution in [0.4, 0.5) is 30.7 Å². The Hall–Kier alpha value is -1.49. The second-order valence-electron chi connectivity index (χ2n) is 3.88. The van der Waals surface area contributed by atoms with Crippen molar-refractivity contribution in [3.63, 3.8) is 0 Å². The number of halogens is 7. The van der Waals surface area contributed by atoms with Crippen molar-refractivity contribution in [1.29, 1.82) is 0 Å². The van der Waals surface area contributed by atoms with E-state index >= 15 is 0 Å². The predicted octanol–water partition coefficient (Wildman–Crippen LogP) is 3.34. The smallest absolute Gasteiger partial charge is 0.292 e. The van der Waals surface area contributed by atoms with Gasteiger partial charge in [-0.2, -0.15) is 30.7 Å². The summed E-state index contributed by atoms with van der Waals surface area (Å²) in [4.78, 5) is 11.4. The fraction of sp³-hybridized carbons (Fsp3) is 0.364. The number of alkyl halides is 7. The molecule has 1 atom stereocenters. The van der Waals surface area contributed by atoms with Gasteiger partial charge in [-0.15, -0.1) is 0 Å². The van der Waals surface area contributed by atoms with Crippen LogP contribution in [0.2, 0.25) is 0 Å². The Labute approximate surface area is 121 Å². The van der Waals surface area contributed by atoms with Crippen molar-refractivity contribution in [2.24, 2.45) is 0 Å². The first kappa shape index (κ1) is 18.6. The van der Waals surface area contributed by atoms with Crippen molar-refractivity contribution in [2.45, 2.75) is 17.4 Å². The lowest BCUT2D eigenvalue weighted by atomic mass is 10.1. The van der Waals surface area contributed by atoms with E-state index in [4.69, 9.17) is 0 Å². The predicted molar refractivity (Wildman–Crippen MR) is 60.8 cm³/mol. The molecule has 0 fully saturated rings. The Balaban J connectivity index is 2.79. The number of hydrogen-bond acceptors (Lipinski definition) is 3. The third-order valence-electron chi connectivity index (χ3n) is 2.32. The van der Waals surface area contributed by atoms with Crippen LogP contribution in [0.1, 0.15) is 10.4 Å². The standard InChI is InChI=1S/C11H7F7O3S/c12-9(13,10(14,15)16)11(17,18)22(20)21-6-8(19)7-4-2-1-3-5-7/h1-5H,6H2. The summed E-state index contributed by atoms with van der Waals surface area (Å²) in [5.41, 5.74) is -0.0783. The molecule has 0 aliphatic carbocycles. The summed E-state index contributed by atoms with van der Waals surface area (Å²) < 4.78 is 101. The quantitative estimate of drug-likeness (QED) is 0.583. The number of hydrogen-bond donors (Lipinski definition) is 0. The molecule has 0 aliphatic heterocycles. The van der Waals surface area contributed by atoms with Crippen LogP contribution in [0.25, 0.3) is 0 Å². The van der Waals surface area contributed by atoms with Gasteiger partial charge in [0.25, 0.3) is 0 Å². The van der Waals surface area contributed by atoms with Crippen LogP contribution in [0.3, 0.4) is 0 Å². The molecule has 0 bridgehead atoms. The first-order valence-corrected chi connectivity index (χ1v) is 6.44. The zero-order valence-corrected chi connectivity index (χ0v) is 11.2. The number of carbonyl (C=O) groups is 1. The summed E-state index contributed by atoms with van der Waals surface area (Å²) in [6.45, 7) is -1.35. The number of carbonyl (C=O) groups excluding carboxylic acids is 1. The van der Waals surface area contributed by atoms with Crippen LogP contribution in [-0.2, 0) is 15.3 Å². The maximum Gasteiger partial charge on any atom is 0.461 e. The molecule has 0 saturated heterocycles. The largest absolute Gasteiger partial charge is 0.461 e. The molecule has 1 aromatic rings. The van der Waals surface area contributed by atoms with Crippen molar-refractivity contribution in [1.82, 2.24) is 0 Å². The molecule has 0 radical (unpaired) electrons. The van der Waals surface area contributed by atoms with E-state index in [1.54, 1.807) is 0 Å². The molecule has 0 amide bonds. The molecule has 0 N–H and O–H groups in total. The molecular weight excluding hydrogens is 345 g/mol. The normalized spacial score (nSPS) is 14.7. The summed E-state index contributed by atoms with van der Waals surface area (Å²) in [7, 11) is 0. The topological polar surface area (TPSA) is 43.4 Å².